The first-order chi connectivity index (χ1) is 12.5. The molecular weight excluding hydrogens is 332 g/mol. The Balaban J connectivity index is 1.74. The Morgan fingerprint density at radius 3 is 2.81 bits per heavy atom. The fourth-order valence-electron chi connectivity index (χ4n) is 2.70. The number of hydrogen-bond acceptors (Lipinski definition) is 5. The number of aromatic nitrogens is 1. The van der Waals surface area contributed by atoms with E-state index in [4.69, 9.17) is 9.15 Å². The summed E-state index contributed by atoms with van der Waals surface area (Å²) in [6, 6.07) is 10.6. The van der Waals surface area contributed by atoms with Gasteiger partial charge in [0.1, 0.15) is 11.3 Å². The minimum atomic E-state index is -0.702. The molecule has 0 fully saturated rings. The van der Waals surface area contributed by atoms with Crippen LogP contribution in [0.5, 0.6) is 5.75 Å². The van der Waals surface area contributed by atoms with Crippen molar-refractivity contribution in [3.63, 3.8) is 0 Å². The molecule has 0 spiro atoms. The molecule has 0 unspecified atom stereocenters. The largest absolute Gasteiger partial charge is 0.480 e. The first-order valence-electron chi connectivity index (χ1n) is 8.34. The maximum atomic E-state index is 12.3. The number of carbonyl (C=O) groups excluding carboxylic acids is 1. The van der Waals surface area contributed by atoms with Crippen molar-refractivity contribution in [3.8, 4) is 5.75 Å². The molecular formula is C20H20N2O4. The Bertz CT molecular complexity index is 996. The zero-order chi connectivity index (χ0) is 18.7. The van der Waals surface area contributed by atoms with E-state index in [0.29, 0.717) is 23.4 Å². The van der Waals surface area contributed by atoms with Crippen LogP contribution < -0.4 is 15.7 Å². The minimum absolute atomic E-state index is 0.249. The Morgan fingerprint density at radius 2 is 2.08 bits per heavy atom. The maximum Gasteiger partial charge on any atom is 0.336 e. The van der Waals surface area contributed by atoms with Crippen LogP contribution in [0.4, 0.5) is 0 Å². The summed E-state index contributed by atoms with van der Waals surface area (Å²) < 4.78 is 11.1. The third kappa shape index (κ3) is 3.74. The number of benzene rings is 1. The summed E-state index contributed by atoms with van der Waals surface area (Å²) in [5.41, 5.74) is 2.37. The van der Waals surface area contributed by atoms with Crippen molar-refractivity contribution < 1.29 is 13.9 Å². The van der Waals surface area contributed by atoms with Crippen LogP contribution in [0.3, 0.4) is 0 Å². The van der Waals surface area contributed by atoms with Crippen molar-refractivity contribution in [1.82, 2.24) is 10.3 Å². The number of rotatable bonds is 5. The van der Waals surface area contributed by atoms with Crippen LogP contribution in [0.25, 0.3) is 11.0 Å². The highest BCUT2D eigenvalue weighted by Gasteiger charge is 2.17. The Kier molecular flexibility index (Phi) is 5.02. The van der Waals surface area contributed by atoms with E-state index in [1.165, 1.54) is 6.07 Å². The third-order valence-corrected chi connectivity index (χ3v) is 4.16. The number of amides is 1. The van der Waals surface area contributed by atoms with Gasteiger partial charge < -0.3 is 14.5 Å². The zero-order valence-corrected chi connectivity index (χ0v) is 14.9. The summed E-state index contributed by atoms with van der Waals surface area (Å²) in [4.78, 5) is 28.1. The maximum absolute atomic E-state index is 12.3. The van der Waals surface area contributed by atoms with Gasteiger partial charge >= 0.3 is 5.63 Å². The van der Waals surface area contributed by atoms with Crippen LogP contribution in [0.15, 0.2) is 51.8 Å². The molecule has 0 bridgehead atoms. The van der Waals surface area contributed by atoms with Crippen molar-refractivity contribution >= 4 is 16.9 Å². The molecule has 2 heterocycles. The summed E-state index contributed by atoms with van der Waals surface area (Å²) in [7, 11) is 0. The van der Waals surface area contributed by atoms with Crippen molar-refractivity contribution in [1.29, 1.82) is 0 Å². The van der Waals surface area contributed by atoms with Crippen LogP contribution in [0.2, 0.25) is 0 Å². The third-order valence-electron chi connectivity index (χ3n) is 4.16. The smallest absolute Gasteiger partial charge is 0.336 e. The second kappa shape index (κ2) is 7.39. The summed E-state index contributed by atoms with van der Waals surface area (Å²) in [6.45, 7) is 5.66. The van der Waals surface area contributed by atoms with E-state index in [2.05, 4.69) is 10.3 Å². The van der Waals surface area contributed by atoms with Gasteiger partial charge in [0, 0.05) is 23.2 Å². The number of aryl methyl sites for hydroxylation is 2. The molecule has 0 aliphatic heterocycles. The van der Waals surface area contributed by atoms with Crippen molar-refractivity contribution in [3.05, 3.63) is 69.8 Å². The molecule has 0 radical (unpaired) electrons. The zero-order valence-electron chi connectivity index (χ0n) is 14.9. The fraction of sp³-hybridized carbons (Fsp3) is 0.250. The van der Waals surface area contributed by atoms with Gasteiger partial charge in [-0.2, -0.15) is 0 Å². The predicted octanol–water partition coefficient (Wildman–Crippen LogP) is 2.89. The second-order valence-electron chi connectivity index (χ2n) is 6.11. The number of pyridine rings is 1. The summed E-state index contributed by atoms with van der Waals surface area (Å²) in [6.07, 6.45) is 0.974. The molecule has 0 aliphatic rings. The van der Waals surface area contributed by atoms with E-state index in [-0.39, 0.29) is 5.91 Å². The van der Waals surface area contributed by atoms with Crippen molar-refractivity contribution in [2.75, 3.05) is 0 Å². The molecule has 0 saturated heterocycles. The van der Waals surface area contributed by atoms with Gasteiger partial charge in [0.2, 0.25) is 0 Å². The lowest BCUT2D eigenvalue weighted by Gasteiger charge is -2.17. The molecule has 134 valence electrons. The summed E-state index contributed by atoms with van der Waals surface area (Å²) >= 11 is 0. The number of ether oxygens (including phenoxy) is 1. The van der Waals surface area contributed by atoms with Gasteiger partial charge in [-0.1, -0.05) is 6.07 Å². The Morgan fingerprint density at radius 1 is 1.27 bits per heavy atom. The standard InChI is InChI=1S/C20H20N2O4/c1-12-10-18(23)26-19-13(2)17(8-7-16(12)19)25-14(3)20(24)22-11-15-6-4-5-9-21-15/h4-10,14H,11H2,1-3H3,(H,22,24)/t14-/m0/s1. The Labute approximate surface area is 150 Å². The number of fused-ring (bicyclic) bond motifs is 1. The molecule has 1 atom stereocenters. The molecule has 3 aromatic rings. The lowest BCUT2D eigenvalue weighted by atomic mass is 10.1. The number of nitrogens with zero attached hydrogens (tertiary/aromatic N) is 1. The van der Waals surface area contributed by atoms with E-state index in [1.54, 1.807) is 26.1 Å². The minimum Gasteiger partial charge on any atom is -0.480 e. The highest BCUT2D eigenvalue weighted by molar-refractivity contribution is 5.85. The van der Waals surface area contributed by atoms with Gasteiger partial charge in [-0.15, -0.1) is 0 Å². The molecule has 3 rings (SSSR count). The SMILES string of the molecule is Cc1cc(=O)oc2c(C)c(O[C@@H](C)C(=O)NCc3ccccn3)ccc12. The lowest BCUT2D eigenvalue weighted by molar-refractivity contribution is -0.127. The van der Waals surface area contributed by atoms with Crippen LogP contribution >= 0.6 is 0 Å². The molecule has 0 aliphatic carbocycles. The lowest BCUT2D eigenvalue weighted by Crippen LogP contribution is -2.36. The van der Waals surface area contributed by atoms with Crippen molar-refractivity contribution in [2.45, 2.75) is 33.4 Å². The van der Waals surface area contributed by atoms with E-state index >= 15 is 0 Å². The quantitative estimate of drug-likeness (QED) is 0.714. The van der Waals surface area contributed by atoms with Gasteiger partial charge in [0.25, 0.3) is 5.91 Å². The first kappa shape index (κ1) is 17.7. The molecule has 1 amide bonds. The molecule has 0 saturated carbocycles. The van der Waals surface area contributed by atoms with Crippen LogP contribution in [-0.4, -0.2) is 17.0 Å². The van der Waals surface area contributed by atoms with E-state index in [9.17, 15) is 9.59 Å². The van der Waals surface area contributed by atoms with Crippen LogP contribution in [0, 0.1) is 13.8 Å². The summed E-state index contributed by atoms with van der Waals surface area (Å²) in [5, 5.41) is 3.64. The molecule has 2 aromatic heterocycles. The molecule has 6 nitrogen and oxygen atoms in total. The predicted molar refractivity (Wildman–Crippen MR) is 98.1 cm³/mol. The summed E-state index contributed by atoms with van der Waals surface area (Å²) in [5.74, 6) is 0.257. The van der Waals surface area contributed by atoms with E-state index in [0.717, 1.165) is 16.6 Å². The Hall–Kier alpha value is -3.15. The van der Waals surface area contributed by atoms with Crippen LogP contribution in [-0.2, 0) is 11.3 Å². The van der Waals surface area contributed by atoms with Gasteiger partial charge in [-0.3, -0.25) is 9.78 Å². The molecule has 1 aromatic carbocycles. The van der Waals surface area contributed by atoms with E-state index in [1.807, 2.05) is 31.2 Å². The number of carbonyl (C=O) groups is 1. The average Bonchev–Trinajstić information content (AvgIpc) is 2.63. The van der Waals surface area contributed by atoms with Gasteiger partial charge in [0.05, 0.1) is 12.2 Å². The second-order valence-corrected chi connectivity index (χ2v) is 6.11. The number of hydrogen-bond donors (Lipinski definition) is 1. The fourth-order valence-corrected chi connectivity index (χ4v) is 2.70. The normalized spacial score (nSPS) is 12.0. The van der Waals surface area contributed by atoms with Gasteiger partial charge in [0.15, 0.2) is 6.10 Å². The highest BCUT2D eigenvalue weighted by Crippen LogP contribution is 2.28. The van der Waals surface area contributed by atoms with Crippen molar-refractivity contribution in [2.24, 2.45) is 0 Å². The van der Waals surface area contributed by atoms with Gasteiger partial charge in [-0.25, -0.2) is 4.79 Å². The molecule has 6 heteroatoms. The first-order valence-corrected chi connectivity index (χ1v) is 8.34. The molecule has 26 heavy (non-hydrogen) atoms. The highest BCUT2D eigenvalue weighted by atomic mass is 16.5. The molecule has 1 N–H and O–H groups in total. The van der Waals surface area contributed by atoms with Gasteiger partial charge in [-0.05, 0) is 50.6 Å². The van der Waals surface area contributed by atoms with E-state index < -0.39 is 11.7 Å². The number of nitrogens with one attached hydrogen (secondary N) is 1. The average molecular weight is 352 g/mol. The topological polar surface area (TPSA) is 81.4 Å². The monoisotopic (exact) mass is 352 g/mol. The van der Waals surface area contributed by atoms with Crippen LogP contribution in [0.1, 0.15) is 23.7 Å².